The number of benzene rings is 2. The van der Waals surface area contributed by atoms with E-state index in [9.17, 15) is 9.18 Å². The first-order valence-electron chi connectivity index (χ1n) is 11.2. The third-order valence-electron chi connectivity index (χ3n) is 6.50. The van der Waals surface area contributed by atoms with Crippen molar-refractivity contribution >= 4 is 11.7 Å². The van der Waals surface area contributed by atoms with Gasteiger partial charge in [-0.05, 0) is 62.6 Å². The third kappa shape index (κ3) is 4.74. The quantitative estimate of drug-likeness (QED) is 0.700. The first kappa shape index (κ1) is 22.6. The zero-order chi connectivity index (χ0) is 22.7. The number of rotatable bonds is 7. The minimum absolute atomic E-state index is 0.00905. The Labute approximate surface area is 189 Å². The molecule has 1 spiro atoms. The predicted molar refractivity (Wildman–Crippen MR) is 123 cm³/mol. The molecule has 172 valence electrons. The van der Waals surface area contributed by atoms with E-state index in [4.69, 9.17) is 9.47 Å². The van der Waals surface area contributed by atoms with Crippen molar-refractivity contribution in [3.63, 3.8) is 0 Å². The molecule has 4 rings (SSSR count). The minimum atomic E-state index is -0.332. The van der Waals surface area contributed by atoms with Crippen LogP contribution in [0, 0.1) is 5.82 Å². The van der Waals surface area contributed by atoms with Crippen LogP contribution >= 0.6 is 0 Å². The van der Waals surface area contributed by atoms with Gasteiger partial charge in [-0.25, -0.2) is 9.18 Å². The molecule has 7 heteroatoms. The van der Waals surface area contributed by atoms with E-state index in [1.165, 1.54) is 17.7 Å². The van der Waals surface area contributed by atoms with Gasteiger partial charge in [0.05, 0.1) is 12.1 Å². The Bertz CT molecular complexity index is 956. The third-order valence-corrected chi connectivity index (χ3v) is 6.50. The van der Waals surface area contributed by atoms with Crippen molar-refractivity contribution in [2.75, 3.05) is 31.7 Å². The second kappa shape index (κ2) is 9.46. The maximum Gasteiger partial charge on any atom is 0.322 e. The SMILES string of the molecule is COC[C@@H](C)Oc1cccc(CN2CCC3(CNC(=O)N3c3cccc(F)c3)C[C@@H]2C)c1. The summed E-state index contributed by atoms with van der Waals surface area (Å²) in [6.07, 6.45) is 1.64. The van der Waals surface area contributed by atoms with Gasteiger partial charge in [0.15, 0.2) is 0 Å². The van der Waals surface area contributed by atoms with Crippen LogP contribution in [-0.4, -0.2) is 55.4 Å². The standard InChI is InChI=1S/C25H32FN3O3/c1-18-14-25(17-27-24(30)29(25)22-8-5-7-21(26)13-22)10-11-28(18)15-20-6-4-9-23(12-20)32-19(2)16-31-3/h4-9,12-13,18-19H,10-11,14-17H2,1-3H3,(H,27,30)/t18-,19+,25?/m0/s1. The van der Waals surface area contributed by atoms with Gasteiger partial charge in [-0.2, -0.15) is 0 Å². The van der Waals surface area contributed by atoms with Gasteiger partial charge < -0.3 is 14.8 Å². The summed E-state index contributed by atoms with van der Waals surface area (Å²) in [5.41, 5.74) is 1.48. The second-order valence-electron chi connectivity index (χ2n) is 9.00. The van der Waals surface area contributed by atoms with Crippen LogP contribution in [-0.2, 0) is 11.3 Å². The summed E-state index contributed by atoms with van der Waals surface area (Å²) in [6, 6.07) is 14.6. The first-order chi connectivity index (χ1) is 15.4. The zero-order valence-electron chi connectivity index (χ0n) is 19.0. The van der Waals surface area contributed by atoms with Crippen molar-refractivity contribution in [3.05, 3.63) is 59.9 Å². The minimum Gasteiger partial charge on any atom is -0.488 e. The molecule has 2 fully saturated rings. The summed E-state index contributed by atoms with van der Waals surface area (Å²) in [7, 11) is 1.67. The lowest BCUT2D eigenvalue weighted by atomic mass is 9.82. The Morgan fingerprint density at radius 2 is 2.06 bits per heavy atom. The summed E-state index contributed by atoms with van der Waals surface area (Å²) in [4.78, 5) is 16.9. The number of amides is 2. The average Bonchev–Trinajstić information content (AvgIpc) is 3.06. The highest BCUT2D eigenvalue weighted by Gasteiger charge is 2.49. The smallest absolute Gasteiger partial charge is 0.322 e. The van der Waals surface area contributed by atoms with Crippen LogP contribution in [0.3, 0.4) is 0 Å². The van der Waals surface area contributed by atoms with E-state index < -0.39 is 0 Å². The predicted octanol–water partition coefficient (Wildman–Crippen LogP) is 4.19. The molecule has 2 amide bonds. The summed E-state index contributed by atoms with van der Waals surface area (Å²) in [5.74, 6) is 0.515. The molecule has 2 heterocycles. The van der Waals surface area contributed by atoms with Gasteiger partial charge in [0.1, 0.15) is 17.7 Å². The molecule has 2 aromatic rings. The Morgan fingerprint density at radius 3 is 2.81 bits per heavy atom. The number of piperidine rings is 1. The van der Waals surface area contributed by atoms with Crippen LogP contribution in [0.4, 0.5) is 14.9 Å². The number of methoxy groups -OCH3 is 1. The lowest BCUT2D eigenvalue weighted by molar-refractivity contribution is 0.0914. The summed E-state index contributed by atoms with van der Waals surface area (Å²) in [5, 5.41) is 2.99. The van der Waals surface area contributed by atoms with Crippen LogP contribution in [0.25, 0.3) is 0 Å². The first-order valence-corrected chi connectivity index (χ1v) is 11.2. The van der Waals surface area contributed by atoms with E-state index >= 15 is 0 Å². The van der Waals surface area contributed by atoms with Gasteiger partial charge in [-0.3, -0.25) is 9.80 Å². The number of hydrogen-bond acceptors (Lipinski definition) is 4. The number of urea groups is 1. The molecule has 1 unspecified atom stereocenters. The summed E-state index contributed by atoms with van der Waals surface area (Å²) in [6.45, 7) is 6.99. The van der Waals surface area contributed by atoms with Gasteiger partial charge in [-0.1, -0.05) is 18.2 Å². The van der Waals surface area contributed by atoms with E-state index in [0.717, 1.165) is 31.7 Å². The molecule has 0 radical (unpaired) electrons. The van der Waals surface area contributed by atoms with E-state index in [0.29, 0.717) is 18.8 Å². The van der Waals surface area contributed by atoms with Crippen LogP contribution in [0.1, 0.15) is 32.3 Å². The average molecular weight is 442 g/mol. The number of ether oxygens (including phenoxy) is 2. The molecule has 3 atom stereocenters. The molecular weight excluding hydrogens is 409 g/mol. The highest BCUT2D eigenvalue weighted by atomic mass is 19.1. The van der Waals surface area contributed by atoms with Crippen LogP contribution in [0.2, 0.25) is 0 Å². The van der Waals surface area contributed by atoms with Crippen molar-refractivity contribution < 1.29 is 18.7 Å². The van der Waals surface area contributed by atoms with E-state index in [1.54, 1.807) is 18.1 Å². The second-order valence-corrected chi connectivity index (χ2v) is 9.00. The topological polar surface area (TPSA) is 54.0 Å². The summed E-state index contributed by atoms with van der Waals surface area (Å²) < 4.78 is 25.0. The fourth-order valence-corrected chi connectivity index (χ4v) is 5.02. The highest BCUT2D eigenvalue weighted by molar-refractivity contribution is 5.96. The van der Waals surface area contributed by atoms with Crippen LogP contribution < -0.4 is 15.0 Å². The van der Waals surface area contributed by atoms with E-state index in [1.807, 2.05) is 25.1 Å². The zero-order valence-corrected chi connectivity index (χ0v) is 19.0. The molecule has 2 aromatic carbocycles. The largest absolute Gasteiger partial charge is 0.488 e. The summed E-state index contributed by atoms with van der Waals surface area (Å²) >= 11 is 0. The lowest BCUT2D eigenvalue weighted by Gasteiger charge is -2.47. The molecule has 32 heavy (non-hydrogen) atoms. The van der Waals surface area contributed by atoms with Gasteiger partial charge in [0.2, 0.25) is 0 Å². The molecule has 1 N–H and O–H groups in total. The molecule has 6 nitrogen and oxygen atoms in total. The van der Waals surface area contributed by atoms with Gasteiger partial charge in [0, 0.05) is 38.5 Å². The van der Waals surface area contributed by atoms with Gasteiger partial charge in [-0.15, -0.1) is 0 Å². The number of halogens is 1. The maximum atomic E-state index is 13.9. The molecule has 0 bridgehead atoms. The van der Waals surface area contributed by atoms with Crippen molar-refractivity contribution in [2.45, 2.75) is 50.9 Å². The molecule has 0 saturated carbocycles. The molecule has 0 aromatic heterocycles. The maximum absolute atomic E-state index is 13.9. The normalized spacial score (nSPS) is 24.6. The number of anilines is 1. The molecular formula is C25H32FN3O3. The van der Waals surface area contributed by atoms with E-state index in [2.05, 4.69) is 29.3 Å². The van der Waals surface area contributed by atoms with E-state index in [-0.39, 0.29) is 29.5 Å². The molecule has 2 aliphatic rings. The number of carbonyl (C=O) groups is 1. The number of hydrogen-bond donors (Lipinski definition) is 1. The van der Waals surface area contributed by atoms with Crippen molar-refractivity contribution in [3.8, 4) is 5.75 Å². The fourth-order valence-electron chi connectivity index (χ4n) is 5.02. The Morgan fingerprint density at radius 1 is 1.25 bits per heavy atom. The molecule has 0 aliphatic carbocycles. The number of likely N-dealkylation sites (tertiary alicyclic amines) is 1. The number of nitrogens with zero attached hydrogens (tertiary/aromatic N) is 2. The van der Waals surface area contributed by atoms with Crippen molar-refractivity contribution in [1.29, 1.82) is 0 Å². The Balaban J connectivity index is 1.45. The molecule has 2 saturated heterocycles. The highest BCUT2D eigenvalue weighted by Crippen LogP contribution is 2.39. The monoisotopic (exact) mass is 441 g/mol. The Hall–Kier alpha value is -2.64. The van der Waals surface area contributed by atoms with Crippen molar-refractivity contribution in [1.82, 2.24) is 10.2 Å². The molecule has 2 aliphatic heterocycles. The lowest BCUT2D eigenvalue weighted by Crippen LogP contribution is -2.57. The van der Waals surface area contributed by atoms with Crippen LogP contribution in [0.5, 0.6) is 5.75 Å². The fraction of sp³-hybridized carbons (Fsp3) is 0.480. The number of nitrogens with one attached hydrogen (secondary N) is 1. The van der Waals surface area contributed by atoms with Crippen molar-refractivity contribution in [2.24, 2.45) is 0 Å². The van der Waals surface area contributed by atoms with Gasteiger partial charge in [0.25, 0.3) is 0 Å². The van der Waals surface area contributed by atoms with Gasteiger partial charge >= 0.3 is 6.03 Å². The van der Waals surface area contributed by atoms with Crippen LogP contribution in [0.15, 0.2) is 48.5 Å². The Kier molecular flexibility index (Phi) is 6.67. The number of carbonyl (C=O) groups excluding carboxylic acids is 1.